The van der Waals surface area contributed by atoms with Gasteiger partial charge in [0.1, 0.15) is 18.0 Å². The summed E-state index contributed by atoms with van der Waals surface area (Å²) in [5, 5.41) is 3.27. The average Bonchev–Trinajstić information content (AvgIpc) is 2.42. The van der Waals surface area contributed by atoms with Crippen molar-refractivity contribution in [2.75, 3.05) is 37.0 Å². The first-order valence-corrected chi connectivity index (χ1v) is 6.59. The van der Waals surface area contributed by atoms with Crippen LogP contribution in [0.25, 0.3) is 0 Å². The highest BCUT2D eigenvalue weighted by atomic mass is 16.5. The van der Waals surface area contributed by atoms with E-state index in [0.29, 0.717) is 6.10 Å². The summed E-state index contributed by atoms with van der Waals surface area (Å²) >= 11 is 0. The molecule has 0 amide bonds. The normalized spacial score (nSPS) is 16.9. The maximum Gasteiger partial charge on any atom is 0.137 e. The molecule has 1 aliphatic heterocycles. The van der Waals surface area contributed by atoms with Gasteiger partial charge in [0.05, 0.1) is 6.10 Å². The molecule has 0 aromatic carbocycles. The number of methoxy groups -OCH3 is 1. The van der Waals surface area contributed by atoms with Gasteiger partial charge in [0.2, 0.25) is 0 Å². The Morgan fingerprint density at radius 3 is 2.72 bits per heavy atom. The van der Waals surface area contributed by atoms with Crippen LogP contribution in [-0.2, 0) is 4.74 Å². The first kappa shape index (κ1) is 13.1. The van der Waals surface area contributed by atoms with Gasteiger partial charge in [-0.3, -0.25) is 0 Å². The highest BCUT2D eigenvalue weighted by molar-refractivity contribution is 5.58. The van der Waals surface area contributed by atoms with Gasteiger partial charge in [-0.05, 0) is 26.7 Å². The Labute approximate surface area is 109 Å². The van der Waals surface area contributed by atoms with Crippen LogP contribution >= 0.6 is 0 Å². The van der Waals surface area contributed by atoms with Crippen molar-refractivity contribution in [3.05, 3.63) is 11.9 Å². The SMILES string of the molecule is CCNc1ncnc(N2CCC(OC)CC2)c1C. The lowest BCUT2D eigenvalue weighted by atomic mass is 10.1. The molecule has 0 spiro atoms. The molecule has 5 heteroatoms. The van der Waals surface area contributed by atoms with Crippen LogP contribution in [0.5, 0.6) is 0 Å². The maximum absolute atomic E-state index is 5.40. The molecule has 1 aromatic rings. The maximum atomic E-state index is 5.40. The first-order valence-electron chi connectivity index (χ1n) is 6.59. The van der Waals surface area contributed by atoms with E-state index in [9.17, 15) is 0 Å². The van der Waals surface area contributed by atoms with Crippen LogP contribution in [0.3, 0.4) is 0 Å². The average molecular weight is 250 g/mol. The van der Waals surface area contributed by atoms with E-state index in [1.807, 2.05) is 0 Å². The van der Waals surface area contributed by atoms with Crippen LogP contribution in [0, 0.1) is 6.92 Å². The molecule has 1 aromatic heterocycles. The number of piperidine rings is 1. The van der Waals surface area contributed by atoms with Crippen LogP contribution in [0.2, 0.25) is 0 Å². The lowest BCUT2D eigenvalue weighted by molar-refractivity contribution is 0.0818. The molecule has 100 valence electrons. The Kier molecular flexibility index (Phi) is 4.36. The minimum atomic E-state index is 0.400. The monoisotopic (exact) mass is 250 g/mol. The summed E-state index contributed by atoms with van der Waals surface area (Å²) in [6, 6.07) is 0. The summed E-state index contributed by atoms with van der Waals surface area (Å²) in [7, 11) is 1.79. The van der Waals surface area contributed by atoms with Gasteiger partial charge in [-0.1, -0.05) is 0 Å². The van der Waals surface area contributed by atoms with Crippen molar-refractivity contribution >= 4 is 11.6 Å². The van der Waals surface area contributed by atoms with E-state index in [0.717, 1.165) is 49.7 Å². The van der Waals surface area contributed by atoms with Gasteiger partial charge in [0, 0.05) is 32.3 Å². The Bertz CT molecular complexity index is 389. The highest BCUT2D eigenvalue weighted by Gasteiger charge is 2.21. The van der Waals surface area contributed by atoms with E-state index >= 15 is 0 Å². The van der Waals surface area contributed by atoms with Gasteiger partial charge in [0.25, 0.3) is 0 Å². The molecular weight excluding hydrogens is 228 g/mol. The van der Waals surface area contributed by atoms with Gasteiger partial charge in [-0.2, -0.15) is 0 Å². The third-order valence-electron chi connectivity index (χ3n) is 3.48. The molecule has 1 fully saturated rings. The zero-order valence-corrected chi connectivity index (χ0v) is 11.4. The van der Waals surface area contributed by atoms with Crippen molar-refractivity contribution in [1.82, 2.24) is 9.97 Å². The number of rotatable bonds is 4. The number of hydrogen-bond donors (Lipinski definition) is 1. The van der Waals surface area contributed by atoms with Crippen LogP contribution in [0.4, 0.5) is 11.6 Å². The second-order valence-corrected chi connectivity index (χ2v) is 4.62. The molecule has 2 heterocycles. The minimum Gasteiger partial charge on any atom is -0.381 e. The molecule has 0 radical (unpaired) electrons. The highest BCUT2D eigenvalue weighted by Crippen LogP contribution is 2.25. The van der Waals surface area contributed by atoms with E-state index in [1.165, 1.54) is 0 Å². The van der Waals surface area contributed by atoms with Crippen molar-refractivity contribution in [2.24, 2.45) is 0 Å². The Hall–Kier alpha value is -1.36. The van der Waals surface area contributed by atoms with Gasteiger partial charge in [0.15, 0.2) is 0 Å². The molecule has 18 heavy (non-hydrogen) atoms. The third-order valence-corrected chi connectivity index (χ3v) is 3.48. The molecule has 5 nitrogen and oxygen atoms in total. The number of nitrogens with zero attached hydrogens (tertiary/aromatic N) is 3. The minimum absolute atomic E-state index is 0.400. The van der Waals surface area contributed by atoms with Gasteiger partial charge in [-0.25, -0.2) is 9.97 Å². The molecule has 0 atom stereocenters. The topological polar surface area (TPSA) is 50.3 Å². The van der Waals surface area contributed by atoms with E-state index in [-0.39, 0.29) is 0 Å². The molecule has 1 aliphatic rings. The molecule has 0 saturated carbocycles. The molecule has 2 rings (SSSR count). The van der Waals surface area contributed by atoms with Crippen LogP contribution in [-0.4, -0.2) is 42.8 Å². The standard InChI is InChI=1S/C13H22N4O/c1-4-14-12-10(2)13(16-9-15-12)17-7-5-11(18-3)6-8-17/h9,11H,4-8H2,1-3H3,(H,14,15,16). The zero-order chi connectivity index (χ0) is 13.0. The van der Waals surface area contributed by atoms with Gasteiger partial charge in [-0.15, -0.1) is 0 Å². The molecule has 0 bridgehead atoms. The first-order chi connectivity index (χ1) is 8.76. The molecule has 0 aliphatic carbocycles. The van der Waals surface area contributed by atoms with Crippen LogP contribution in [0.15, 0.2) is 6.33 Å². The van der Waals surface area contributed by atoms with Crippen molar-refractivity contribution < 1.29 is 4.74 Å². The fraction of sp³-hybridized carbons (Fsp3) is 0.692. The predicted molar refractivity (Wildman–Crippen MR) is 73.2 cm³/mol. The third kappa shape index (κ3) is 2.72. The van der Waals surface area contributed by atoms with Crippen molar-refractivity contribution in [3.63, 3.8) is 0 Å². The van der Waals surface area contributed by atoms with Gasteiger partial charge >= 0.3 is 0 Å². The fourth-order valence-electron chi connectivity index (χ4n) is 2.41. The number of anilines is 2. The van der Waals surface area contributed by atoms with Crippen molar-refractivity contribution in [3.8, 4) is 0 Å². The lowest BCUT2D eigenvalue weighted by Crippen LogP contribution is -2.37. The number of ether oxygens (including phenoxy) is 1. The summed E-state index contributed by atoms with van der Waals surface area (Å²) < 4.78 is 5.40. The Morgan fingerprint density at radius 1 is 1.39 bits per heavy atom. The summed E-state index contributed by atoms with van der Waals surface area (Å²) in [6.07, 6.45) is 4.17. The van der Waals surface area contributed by atoms with Crippen molar-refractivity contribution in [1.29, 1.82) is 0 Å². The number of hydrogen-bond acceptors (Lipinski definition) is 5. The molecule has 1 saturated heterocycles. The molecule has 1 N–H and O–H groups in total. The predicted octanol–water partition coefficient (Wildman–Crippen LogP) is 1.83. The summed E-state index contributed by atoms with van der Waals surface area (Å²) in [5.41, 5.74) is 1.13. The zero-order valence-electron chi connectivity index (χ0n) is 11.4. The number of nitrogens with one attached hydrogen (secondary N) is 1. The largest absolute Gasteiger partial charge is 0.381 e. The van der Waals surface area contributed by atoms with E-state index in [2.05, 4.69) is 34.0 Å². The van der Waals surface area contributed by atoms with E-state index in [1.54, 1.807) is 13.4 Å². The summed E-state index contributed by atoms with van der Waals surface area (Å²) in [4.78, 5) is 11.0. The molecular formula is C13H22N4O. The summed E-state index contributed by atoms with van der Waals surface area (Å²) in [5.74, 6) is 1.99. The van der Waals surface area contributed by atoms with Crippen LogP contribution < -0.4 is 10.2 Å². The second kappa shape index (κ2) is 6.00. The van der Waals surface area contributed by atoms with Crippen molar-refractivity contribution in [2.45, 2.75) is 32.8 Å². The second-order valence-electron chi connectivity index (χ2n) is 4.62. The van der Waals surface area contributed by atoms with Gasteiger partial charge < -0.3 is 15.0 Å². The summed E-state index contributed by atoms with van der Waals surface area (Å²) in [6.45, 7) is 7.04. The fourth-order valence-corrected chi connectivity index (χ4v) is 2.41. The van der Waals surface area contributed by atoms with E-state index < -0.39 is 0 Å². The smallest absolute Gasteiger partial charge is 0.137 e. The number of aromatic nitrogens is 2. The Morgan fingerprint density at radius 2 is 2.11 bits per heavy atom. The Balaban J connectivity index is 2.11. The lowest BCUT2D eigenvalue weighted by Gasteiger charge is -2.33. The van der Waals surface area contributed by atoms with Crippen LogP contribution in [0.1, 0.15) is 25.3 Å². The molecule has 0 unspecified atom stereocenters. The quantitative estimate of drug-likeness (QED) is 0.883. The van der Waals surface area contributed by atoms with E-state index in [4.69, 9.17) is 4.74 Å².